The number of hydrogen-bond donors (Lipinski definition) is 2. The molecule has 0 aliphatic rings. The zero-order valence-electron chi connectivity index (χ0n) is 9.73. The van der Waals surface area contributed by atoms with E-state index in [9.17, 15) is 4.79 Å². The predicted octanol–water partition coefficient (Wildman–Crippen LogP) is 1.96. The number of rotatable bonds is 4. The molecule has 0 aromatic carbocycles. The smallest absolute Gasteiger partial charge is 0.304 e. The lowest BCUT2D eigenvalue weighted by atomic mass is 10.1. The summed E-state index contributed by atoms with van der Waals surface area (Å²) in [6, 6.07) is 1.93. The number of anilines is 1. The second-order valence-corrected chi connectivity index (χ2v) is 4.85. The van der Waals surface area contributed by atoms with Crippen molar-refractivity contribution in [2.75, 3.05) is 5.32 Å². The second-order valence-electron chi connectivity index (χ2n) is 4.01. The summed E-state index contributed by atoms with van der Waals surface area (Å²) in [5.74, 6) is 1.15. The van der Waals surface area contributed by atoms with Crippen LogP contribution in [-0.2, 0) is 6.54 Å². The summed E-state index contributed by atoms with van der Waals surface area (Å²) in [5, 5.41) is 4.96. The van der Waals surface area contributed by atoms with Gasteiger partial charge in [-0.1, -0.05) is 25.2 Å². The van der Waals surface area contributed by atoms with Gasteiger partial charge in [-0.3, -0.25) is 4.79 Å². The third kappa shape index (κ3) is 3.13. The van der Waals surface area contributed by atoms with E-state index in [4.69, 9.17) is 0 Å². The van der Waals surface area contributed by atoms with Gasteiger partial charge in [0.2, 0.25) is 0 Å². The van der Waals surface area contributed by atoms with Crippen LogP contribution in [0.25, 0.3) is 0 Å². The van der Waals surface area contributed by atoms with Crippen molar-refractivity contribution in [2.45, 2.75) is 26.3 Å². The van der Waals surface area contributed by atoms with Crippen LogP contribution >= 0.6 is 11.3 Å². The highest BCUT2D eigenvalue weighted by molar-refractivity contribution is 7.07. The molecule has 2 aromatic rings. The Morgan fingerprint density at radius 3 is 2.94 bits per heavy atom. The fraction of sp³-hybridized carbons (Fsp3) is 0.364. The number of nitrogens with zero attached hydrogens (tertiary/aromatic N) is 2. The van der Waals surface area contributed by atoms with Crippen LogP contribution in [0.4, 0.5) is 5.82 Å². The Morgan fingerprint density at radius 2 is 2.29 bits per heavy atom. The average Bonchev–Trinajstić information content (AvgIpc) is 2.73. The summed E-state index contributed by atoms with van der Waals surface area (Å²) in [4.78, 5) is 22.0. The molecule has 5 nitrogen and oxygen atoms in total. The minimum Gasteiger partial charge on any atom is -0.364 e. The molecule has 6 heteroatoms. The van der Waals surface area contributed by atoms with Crippen LogP contribution in [0.5, 0.6) is 0 Å². The first kappa shape index (κ1) is 11.8. The Morgan fingerprint density at radius 1 is 1.47 bits per heavy atom. The van der Waals surface area contributed by atoms with Gasteiger partial charge in [0.15, 0.2) is 0 Å². The SMILES string of the molecule is CC(C)c1cc(NCc2csc(=O)[nH]2)ncn1. The number of aromatic nitrogens is 3. The van der Waals surface area contributed by atoms with Crippen molar-refractivity contribution in [3.05, 3.63) is 38.8 Å². The fourth-order valence-corrected chi connectivity index (χ4v) is 1.95. The molecule has 90 valence electrons. The van der Waals surface area contributed by atoms with E-state index in [0.29, 0.717) is 12.5 Å². The maximum Gasteiger partial charge on any atom is 0.304 e. The molecule has 17 heavy (non-hydrogen) atoms. The van der Waals surface area contributed by atoms with E-state index in [1.165, 1.54) is 0 Å². The van der Waals surface area contributed by atoms with Gasteiger partial charge in [-0.2, -0.15) is 0 Å². The summed E-state index contributed by atoms with van der Waals surface area (Å²) < 4.78 is 0. The Balaban J connectivity index is 2.04. The van der Waals surface area contributed by atoms with Crippen LogP contribution < -0.4 is 10.2 Å². The van der Waals surface area contributed by atoms with Gasteiger partial charge in [0.05, 0.1) is 6.54 Å². The van der Waals surface area contributed by atoms with Gasteiger partial charge in [-0.25, -0.2) is 9.97 Å². The predicted molar refractivity (Wildman–Crippen MR) is 68.4 cm³/mol. The molecular weight excluding hydrogens is 236 g/mol. The Kier molecular flexibility index (Phi) is 3.53. The summed E-state index contributed by atoms with van der Waals surface area (Å²) >= 11 is 1.16. The Hall–Kier alpha value is -1.69. The van der Waals surface area contributed by atoms with E-state index in [2.05, 4.69) is 34.1 Å². The lowest BCUT2D eigenvalue weighted by Gasteiger charge is -2.07. The Labute approximate surface area is 103 Å². The van der Waals surface area contributed by atoms with Crippen molar-refractivity contribution in [2.24, 2.45) is 0 Å². The third-order valence-corrected chi connectivity index (χ3v) is 3.03. The molecule has 0 bridgehead atoms. The van der Waals surface area contributed by atoms with E-state index >= 15 is 0 Å². The van der Waals surface area contributed by atoms with Crippen LogP contribution in [0.2, 0.25) is 0 Å². The molecule has 0 aliphatic heterocycles. The summed E-state index contributed by atoms with van der Waals surface area (Å²) in [5.41, 5.74) is 1.87. The van der Waals surface area contributed by atoms with Crippen molar-refractivity contribution in [3.63, 3.8) is 0 Å². The maximum atomic E-state index is 11.0. The highest BCUT2D eigenvalue weighted by Gasteiger charge is 2.03. The van der Waals surface area contributed by atoms with Gasteiger partial charge in [-0.05, 0) is 5.92 Å². The van der Waals surface area contributed by atoms with E-state index in [1.807, 2.05) is 6.07 Å². The Bertz CT molecular complexity index is 546. The number of hydrogen-bond acceptors (Lipinski definition) is 5. The molecule has 0 saturated heterocycles. The zero-order valence-corrected chi connectivity index (χ0v) is 10.5. The molecule has 2 N–H and O–H groups in total. The maximum absolute atomic E-state index is 11.0. The molecule has 0 atom stereocenters. The van der Waals surface area contributed by atoms with Crippen LogP contribution in [0.15, 0.2) is 22.6 Å². The van der Waals surface area contributed by atoms with Crippen molar-refractivity contribution < 1.29 is 0 Å². The molecule has 2 aromatic heterocycles. The van der Waals surface area contributed by atoms with E-state index in [-0.39, 0.29) is 4.87 Å². The molecule has 0 amide bonds. The minimum absolute atomic E-state index is 0.0349. The fourth-order valence-electron chi connectivity index (χ4n) is 1.37. The third-order valence-electron chi connectivity index (χ3n) is 2.31. The van der Waals surface area contributed by atoms with E-state index < -0.39 is 0 Å². The summed E-state index contributed by atoms with van der Waals surface area (Å²) in [6.07, 6.45) is 1.55. The first-order valence-electron chi connectivity index (χ1n) is 5.37. The monoisotopic (exact) mass is 250 g/mol. The first-order chi connectivity index (χ1) is 8.15. The van der Waals surface area contributed by atoms with Crippen LogP contribution in [0, 0.1) is 0 Å². The molecule has 2 heterocycles. The molecule has 0 fully saturated rings. The van der Waals surface area contributed by atoms with Gasteiger partial charge in [0.1, 0.15) is 12.1 Å². The topological polar surface area (TPSA) is 70.7 Å². The average molecular weight is 250 g/mol. The molecule has 0 aliphatic carbocycles. The molecule has 0 unspecified atom stereocenters. The van der Waals surface area contributed by atoms with Gasteiger partial charge < -0.3 is 10.3 Å². The van der Waals surface area contributed by atoms with Crippen molar-refractivity contribution in [1.82, 2.24) is 15.0 Å². The largest absolute Gasteiger partial charge is 0.364 e. The van der Waals surface area contributed by atoms with Gasteiger partial charge in [-0.15, -0.1) is 0 Å². The van der Waals surface area contributed by atoms with E-state index in [0.717, 1.165) is 28.5 Å². The lowest BCUT2D eigenvalue weighted by molar-refractivity contribution is 0.813. The van der Waals surface area contributed by atoms with Gasteiger partial charge >= 0.3 is 4.87 Å². The highest BCUT2D eigenvalue weighted by Crippen LogP contribution is 2.14. The standard InChI is InChI=1S/C11H14N4OS/c1-7(2)9-3-10(14-6-13-9)12-4-8-5-17-11(16)15-8/h3,5-7H,4H2,1-2H3,(H,15,16)(H,12,13,14). The molecule has 0 saturated carbocycles. The summed E-state index contributed by atoms with van der Waals surface area (Å²) in [7, 11) is 0. The molecular formula is C11H14N4OS. The van der Waals surface area contributed by atoms with E-state index in [1.54, 1.807) is 11.7 Å². The van der Waals surface area contributed by atoms with Crippen LogP contribution in [0.3, 0.4) is 0 Å². The first-order valence-corrected chi connectivity index (χ1v) is 6.25. The molecule has 0 radical (unpaired) electrons. The number of thiazole rings is 1. The molecule has 0 spiro atoms. The minimum atomic E-state index is -0.0349. The number of H-pyrrole nitrogens is 1. The van der Waals surface area contributed by atoms with Crippen LogP contribution in [0.1, 0.15) is 31.2 Å². The number of aromatic amines is 1. The van der Waals surface area contributed by atoms with Gasteiger partial charge in [0, 0.05) is 22.8 Å². The molecule has 2 rings (SSSR count). The van der Waals surface area contributed by atoms with Crippen LogP contribution in [-0.4, -0.2) is 15.0 Å². The highest BCUT2D eigenvalue weighted by atomic mass is 32.1. The van der Waals surface area contributed by atoms with Gasteiger partial charge in [0.25, 0.3) is 0 Å². The zero-order chi connectivity index (χ0) is 12.3. The second kappa shape index (κ2) is 5.09. The number of nitrogens with one attached hydrogen (secondary N) is 2. The van der Waals surface area contributed by atoms with Crippen molar-refractivity contribution >= 4 is 17.2 Å². The normalized spacial score (nSPS) is 10.8. The summed E-state index contributed by atoms with van der Waals surface area (Å²) in [6.45, 7) is 4.73. The quantitative estimate of drug-likeness (QED) is 0.870. The van der Waals surface area contributed by atoms with Crippen molar-refractivity contribution in [3.8, 4) is 0 Å². The van der Waals surface area contributed by atoms with Crippen molar-refractivity contribution in [1.29, 1.82) is 0 Å². The lowest BCUT2D eigenvalue weighted by Crippen LogP contribution is -2.05.